The van der Waals surface area contributed by atoms with Crippen molar-refractivity contribution >= 4 is 44.5 Å². The first-order chi connectivity index (χ1) is 19.6. The summed E-state index contributed by atoms with van der Waals surface area (Å²) >= 11 is 0. The second-order valence-electron chi connectivity index (χ2n) is 9.78. The van der Waals surface area contributed by atoms with Crippen molar-refractivity contribution in [2.45, 2.75) is 44.0 Å². The zero-order valence-electron chi connectivity index (χ0n) is 22.9. The van der Waals surface area contributed by atoms with E-state index in [4.69, 9.17) is 4.42 Å². The Morgan fingerprint density at radius 2 is 1.90 bits per heavy atom. The molecule has 13 heteroatoms. The molecule has 12 nitrogen and oxygen atoms in total. The van der Waals surface area contributed by atoms with Gasteiger partial charge in [-0.15, -0.1) is 0 Å². The number of carbonyl (C=O) groups is 2. The summed E-state index contributed by atoms with van der Waals surface area (Å²) in [4.78, 5) is 32.0. The van der Waals surface area contributed by atoms with Gasteiger partial charge in [0.15, 0.2) is 6.19 Å². The van der Waals surface area contributed by atoms with Crippen LogP contribution in [0.2, 0.25) is 0 Å². The fourth-order valence-electron chi connectivity index (χ4n) is 4.47. The molecule has 216 valence electrons. The lowest BCUT2D eigenvalue weighted by Gasteiger charge is -2.22. The van der Waals surface area contributed by atoms with Crippen LogP contribution in [0.15, 0.2) is 62.8 Å². The Bertz CT molecular complexity index is 1580. The lowest BCUT2D eigenvalue weighted by Crippen LogP contribution is -2.45. The van der Waals surface area contributed by atoms with E-state index >= 15 is 0 Å². The van der Waals surface area contributed by atoms with E-state index in [9.17, 15) is 23.3 Å². The number of amides is 2. The third kappa shape index (κ3) is 8.06. The summed E-state index contributed by atoms with van der Waals surface area (Å²) < 4.78 is 32.9. The molecule has 1 aliphatic heterocycles. The fourth-order valence-corrected chi connectivity index (χ4v) is 5.51. The molecule has 1 aliphatic rings. The smallest absolute Gasteiger partial charge is 0.247 e. The average molecular weight is 580 g/mol. The Labute approximate surface area is 238 Å². The molecule has 3 aromatic rings. The predicted molar refractivity (Wildman–Crippen MR) is 154 cm³/mol. The van der Waals surface area contributed by atoms with Gasteiger partial charge in [0.2, 0.25) is 27.8 Å². The molecule has 41 heavy (non-hydrogen) atoms. The van der Waals surface area contributed by atoms with Crippen LogP contribution in [0.25, 0.3) is 11.0 Å². The van der Waals surface area contributed by atoms with Crippen molar-refractivity contribution in [3.05, 3.63) is 59.9 Å². The van der Waals surface area contributed by atoms with Crippen LogP contribution < -0.4 is 20.7 Å². The Hall–Kier alpha value is -4.41. The highest BCUT2D eigenvalue weighted by Gasteiger charge is 2.28. The number of guanidine groups is 1. The lowest BCUT2D eigenvalue weighted by atomic mass is 10.1. The number of hydrogen-bond donors (Lipinski definition) is 4. The van der Waals surface area contributed by atoms with Crippen molar-refractivity contribution in [3.63, 3.8) is 0 Å². The maximum atomic E-state index is 13.3. The van der Waals surface area contributed by atoms with E-state index in [-0.39, 0.29) is 36.4 Å². The third-order valence-corrected chi connectivity index (χ3v) is 8.00. The SMILES string of the molecule is Cc1ccc(S(=O)(=O)NCCNC(=O)CN2CCCCC(N=C(NC#N)Nc3ccc4oc(C)cc4c3)C2=O)cc1. The molecule has 2 aromatic carbocycles. The van der Waals surface area contributed by atoms with E-state index in [1.165, 1.54) is 17.0 Å². The number of benzene rings is 2. The van der Waals surface area contributed by atoms with Gasteiger partial charge in [0, 0.05) is 30.7 Å². The van der Waals surface area contributed by atoms with Crippen molar-refractivity contribution in [2.75, 3.05) is 31.5 Å². The molecule has 4 N–H and O–H groups in total. The largest absolute Gasteiger partial charge is 0.461 e. The van der Waals surface area contributed by atoms with Crippen LogP contribution in [0.5, 0.6) is 0 Å². The highest BCUT2D eigenvalue weighted by Crippen LogP contribution is 2.23. The summed E-state index contributed by atoms with van der Waals surface area (Å²) in [5.41, 5.74) is 2.34. The van der Waals surface area contributed by atoms with E-state index in [0.717, 1.165) is 28.7 Å². The molecule has 0 saturated carbocycles. The molecular weight excluding hydrogens is 546 g/mol. The molecule has 0 radical (unpaired) electrons. The number of aryl methyl sites for hydroxylation is 2. The number of sulfonamides is 1. The first-order valence-corrected chi connectivity index (χ1v) is 14.7. The van der Waals surface area contributed by atoms with Gasteiger partial charge in [0.1, 0.15) is 17.4 Å². The Morgan fingerprint density at radius 3 is 2.66 bits per heavy atom. The van der Waals surface area contributed by atoms with Gasteiger partial charge in [-0.2, -0.15) is 5.26 Å². The number of nitriles is 1. The monoisotopic (exact) mass is 579 g/mol. The molecule has 1 unspecified atom stereocenters. The van der Waals surface area contributed by atoms with E-state index in [0.29, 0.717) is 25.1 Å². The summed E-state index contributed by atoms with van der Waals surface area (Å²) in [5.74, 6) is 0.169. The highest BCUT2D eigenvalue weighted by molar-refractivity contribution is 7.89. The Morgan fingerprint density at radius 1 is 1.12 bits per heavy atom. The van der Waals surface area contributed by atoms with E-state index in [1.807, 2.05) is 32.2 Å². The predicted octanol–water partition coefficient (Wildman–Crippen LogP) is 2.36. The zero-order chi connectivity index (χ0) is 29.4. The molecule has 4 rings (SSSR count). The first kappa shape index (κ1) is 29.6. The number of likely N-dealkylation sites (tertiary alicyclic amines) is 1. The van der Waals surface area contributed by atoms with Crippen LogP contribution >= 0.6 is 0 Å². The lowest BCUT2D eigenvalue weighted by molar-refractivity contribution is -0.136. The van der Waals surface area contributed by atoms with Gasteiger partial charge in [0.05, 0.1) is 11.4 Å². The fraction of sp³-hybridized carbons (Fsp3) is 0.357. The van der Waals surface area contributed by atoms with Crippen molar-refractivity contribution in [1.29, 1.82) is 5.26 Å². The van der Waals surface area contributed by atoms with Crippen LogP contribution in [-0.4, -0.2) is 63.3 Å². The van der Waals surface area contributed by atoms with Gasteiger partial charge in [0.25, 0.3) is 0 Å². The van der Waals surface area contributed by atoms with Gasteiger partial charge in [-0.3, -0.25) is 14.9 Å². The van der Waals surface area contributed by atoms with E-state index < -0.39 is 22.0 Å². The van der Waals surface area contributed by atoms with E-state index in [2.05, 4.69) is 25.7 Å². The maximum absolute atomic E-state index is 13.3. The minimum absolute atomic E-state index is 0.00184. The van der Waals surface area contributed by atoms with Crippen LogP contribution in [0.1, 0.15) is 30.6 Å². The molecule has 1 fully saturated rings. The normalized spacial score (nSPS) is 16.2. The summed E-state index contributed by atoms with van der Waals surface area (Å²) in [7, 11) is -3.69. The molecule has 2 heterocycles. The van der Waals surface area contributed by atoms with Crippen LogP contribution in [-0.2, 0) is 19.6 Å². The van der Waals surface area contributed by atoms with Gasteiger partial charge >= 0.3 is 0 Å². The molecule has 1 saturated heterocycles. The van der Waals surface area contributed by atoms with Crippen LogP contribution in [0.3, 0.4) is 0 Å². The summed E-state index contributed by atoms with van der Waals surface area (Å²) in [6.07, 6.45) is 3.74. The summed E-state index contributed by atoms with van der Waals surface area (Å²) in [6.45, 7) is 4.00. The second-order valence-corrected chi connectivity index (χ2v) is 11.5. The number of aliphatic imine (C=N–C) groups is 1. The molecular formula is C28H33N7O5S. The maximum Gasteiger partial charge on any atom is 0.247 e. The van der Waals surface area contributed by atoms with Gasteiger partial charge < -0.3 is 20.0 Å². The number of anilines is 1. The number of hydrogen-bond acceptors (Lipinski definition) is 7. The molecule has 1 atom stereocenters. The quantitative estimate of drug-likeness (QED) is 0.0985. The van der Waals surface area contributed by atoms with Gasteiger partial charge in [-0.1, -0.05) is 17.7 Å². The molecule has 0 aliphatic carbocycles. The molecule has 1 aromatic heterocycles. The first-order valence-electron chi connectivity index (χ1n) is 13.3. The van der Waals surface area contributed by atoms with Crippen molar-refractivity contribution in [2.24, 2.45) is 4.99 Å². The minimum Gasteiger partial charge on any atom is -0.461 e. The van der Waals surface area contributed by atoms with Crippen molar-refractivity contribution in [1.82, 2.24) is 20.3 Å². The summed E-state index contributed by atoms with van der Waals surface area (Å²) in [5, 5.41) is 18.4. The summed E-state index contributed by atoms with van der Waals surface area (Å²) in [6, 6.07) is 13.0. The minimum atomic E-state index is -3.69. The third-order valence-electron chi connectivity index (χ3n) is 6.52. The number of carbonyl (C=O) groups excluding carboxylic acids is 2. The zero-order valence-corrected chi connectivity index (χ0v) is 23.8. The number of nitrogens with one attached hydrogen (secondary N) is 4. The van der Waals surface area contributed by atoms with Gasteiger partial charge in [-0.25, -0.2) is 18.1 Å². The Balaban J connectivity index is 1.33. The van der Waals surface area contributed by atoms with Crippen molar-refractivity contribution < 1.29 is 22.4 Å². The topological polar surface area (TPSA) is 169 Å². The second kappa shape index (κ2) is 13.3. The molecule has 0 spiro atoms. The van der Waals surface area contributed by atoms with E-state index in [1.54, 1.807) is 24.3 Å². The number of furan rings is 1. The Kier molecular flexibility index (Phi) is 9.59. The van der Waals surface area contributed by atoms with Crippen molar-refractivity contribution in [3.8, 4) is 6.19 Å². The number of nitrogens with zero attached hydrogens (tertiary/aromatic N) is 3. The number of rotatable bonds is 9. The molecule has 2 amide bonds. The number of fused-ring (bicyclic) bond motifs is 1. The van der Waals surface area contributed by atoms with Crippen LogP contribution in [0, 0.1) is 25.3 Å². The highest BCUT2D eigenvalue weighted by atomic mass is 32.2. The molecule has 0 bridgehead atoms. The van der Waals surface area contributed by atoms with Crippen LogP contribution in [0.4, 0.5) is 5.69 Å². The standard InChI is InChI=1S/C28H33N7O5S/c1-19-6-9-23(10-7-19)41(38,39)32-13-12-30-26(36)17-35-14-4-3-5-24(27(35)37)34-28(31-18-29)33-22-8-11-25-21(16-22)15-20(2)40-25/h6-11,15-16,24,32H,3-5,12-14,17H2,1-2H3,(H,30,36)(H2,31,33,34). The van der Waals surface area contributed by atoms with Gasteiger partial charge in [-0.05, 0) is 69.5 Å². The average Bonchev–Trinajstić information content (AvgIpc) is 3.22.